The van der Waals surface area contributed by atoms with Gasteiger partial charge in [0.15, 0.2) is 11.0 Å². The van der Waals surface area contributed by atoms with Crippen LogP contribution in [0.4, 0.5) is 4.39 Å². The Morgan fingerprint density at radius 1 is 1.07 bits per heavy atom. The van der Waals surface area contributed by atoms with Crippen molar-refractivity contribution in [3.05, 3.63) is 52.5 Å². The average Bonchev–Trinajstić information content (AvgIpc) is 3.42. The molecule has 10 heteroatoms. The lowest BCUT2D eigenvalue weighted by Crippen LogP contribution is -2.51. The molecule has 156 valence electrons. The lowest BCUT2D eigenvalue weighted by molar-refractivity contribution is -0.129. The molecule has 2 amide bonds. The van der Waals surface area contributed by atoms with Crippen molar-refractivity contribution < 1.29 is 14.0 Å². The van der Waals surface area contributed by atoms with E-state index in [0.717, 1.165) is 4.88 Å². The van der Waals surface area contributed by atoms with Gasteiger partial charge in [0.05, 0.1) is 16.2 Å². The smallest absolute Gasteiger partial charge is 0.264 e. The molecular weight excluding hydrogens is 425 g/mol. The Labute approximate surface area is 181 Å². The molecule has 0 atom stereocenters. The van der Waals surface area contributed by atoms with Gasteiger partial charge in [0.2, 0.25) is 5.91 Å². The fourth-order valence-corrected chi connectivity index (χ4v) is 4.75. The topological polar surface area (TPSA) is 71.3 Å². The van der Waals surface area contributed by atoms with Crippen LogP contribution in [-0.4, -0.2) is 68.3 Å². The predicted octanol–water partition coefficient (Wildman–Crippen LogP) is 2.76. The third-order valence-electron chi connectivity index (χ3n) is 4.93. The normalized spacial score (nSPS) is 14.2. The molecule has 0 bridgehead atoms. The number of hydrogen-bond acceptors (Lipinski definition) is 6. The average molecular weight is 446 g/mol. The number of thiophene rings is 1. The summed E-state index contributed by atoms with van der Waals surface area (Å²) in [6, 6.07) is 10.1. The standard InChI is InChI=1S/C20H20FN5O2S2/c1-24-18(14-5-2-3-6-15(14)21)22-23-20(24)30-13-17(27)25-8-10-26(11-9-25)19(28)16-7-4-12-29-16/h2-7,12H,8-11,13H2,1H3. The zero-order valence-electron chi connectivity index (χ0n) is 16.3. The van der Waals surface area contributed by atoms with Crippen LogP contribution in [0.5, 0.6) is 0 Å². The quantitative estimate of drug-likeness (QED) is 0.565. The molecule has 0 unspecified atom stereocenters. The molecule has 0 aliphatic carbocycles. The molecule has 2 aromatic heterocycles. The minimum atomic E-state index is -0.365. The SMILES string of the molecule is Cn1c(SCC(=O)N2CCN(C(=O)c3cccs3)CC2)nnc1-c1ccccc1F. The monoisotopic (exact) mass is 445 g/mol. The second-order valence-electron chi connectivity index (χ2n) is 6.78. The van der Waals surface area contributed by atoms with E-state index in [1.54, 1.807) is 39.6 Å². The maximum atomic E-state index is 14.0. The molecule has 3 heterocycles. The van der Waals surface area contributed by atoms with Crippen molar-refractivity contribution in [2.45, 2.75) is 5.16 Å². The first kappa shape index (κ1) is 20.5. The van der Waals surface area contributed by atoms with Crippen LogP contribution in [0.15, 0.2) is 46.9 Å². The number of rotatable bonds is 5. The molecule has 4 rings (SSSR count). The number of carbonyl (C=O) groups is 2. The van der Waals surface area contributed by atoms with Gasteiger partial charge in [-0.15, -0.1) is 21.5 Å². The third-order valence-corrected chi connectivity index (χ3v) is 6.79. The van der Waals surface area contributed by atoms with Crippen LogP contribution in [0.1, 0.15) is 9.67 Å². The van der Waals surface area contributed by atoms with Crippen molar-refractivity contribution in [2.24, 2.45) is 7.05 Å². The van der Waals surface area contributed by atoms with Gasteiger partial charge in [0, 0.05) is 33.2 Å². The van der Waals surface area contributed by atoms with E-state index in [9.17, 15) is 14.0 Å². The summed E-state index contributed by atoms with van der Waals surface area (Å²) < 4.78 is 15.7. The fourth-order valence-electron chi connectivity index (χ4n) is 3.25. The van der Waals surface area contributed by atoms with Gasteiger partial charge in [-0.25, -0.2) is 4.39 Å². The van der Waals surface area contributed by atoms with Gasteiger partial charge in [0.25, 0.3) is 5.91 Å². The summed E-state index contributed by atoms with van der Waals surface area (Å²) in [7, 11) is 1.75. The minimum Gasteiger partial charge on any atom is -0.338 e. The van der Waals surface area contributed by atoms with E-state index in [0.29, 0.717) is 42.7 Å². The van der Waals surface area contributed by atoms with Crippen LogP contribution < -0.4 is 0 Å². The summed E-state index contributed by atoms with van der Waals surface area (Å²) in [6.45, 7) is 2.06. The van der Waals surface area contributed by atoms with Gasteiger partial charge in [-0.1, -0.05) is 30.0 Å². The highest BCUT2D eigenvalue weighted by Crippen LogP contribution is 2.25. The van der Waals surface area contributed by atoms with Gasteiger partial charge in [0.1, 0.15) is 5.82 Å². The van der Waals surface area contributed by atoms with E-state index in [2.05, 4.69) is 10.2 Å². The van der Waals surface area contributed by atoms with Crippen molar-refractivity contribution in [3.63, 3.8) is 0 Å². The number of amides is 2. The molecule has 1 aliphatic heterocycles. The Kier molecular flexibility index (Phi) is 6.14. The van der Waals surface area contributed by atoms with E-state index in [1.165, 1.54) is 29.2 Å². The van der Waals surface area contributed by atoms with Crippen LogP contribution in [0, 0.1) is 5.82 Å². The summed E-state index contributed by atoms with van der Waals surface area (Å²) in [5.41, 5.74) is 0.372. The van der Waals surface area contributed by atoms with E-state index in [4.69, 9.17) is 0 Å². The Hall–Kier alpha value is -2.72. The van der Waals surface area contributed by atoms with E-state index < -0.39 is 0 Å². The predicted molar refractivity (Wildman–Crippen MR) is 114 cm³/mol. The first-order valence-electron chi connectivity index (χ1n) is 9.42. The van der Waals surface area contributed by atoms with E-state index in [1.807, 2.05) is 17.5 Å². The zero-order valence-corrected chi connectivity index (χ0v) is 18.0. The van der Waals surface area contributed by atoms with Gasteiger partial charge in [-0.3, -0.25) is 9.59 Å². The minimum absolute atomic E-state index is 0.0151. The number of piperazine rings is 1. The summed E-state index contributed by atoms with van der Waals surface area (Å²) >= 11 is 2.70. The number of nitrogens with zero attached hydrogens (tertiary/aromatic N) is 5. The van der Waals surface area contributed by atoms with Crippen LogP contribution in [0.2, 0.25) is 0 Å². The Morgan fingerprint density at radius 2 is 1.80 bits per heavy atom. The number of carbonyl (C=O) groups excluding carboxylic acids is 2. The fraction of sp³-hybridized carbons (Fsp3) is 0.300. The van der Waals surface area contributed by atoms with Gasteiger partial charge in [-0.2, -0.15) is 0 Å². The van der Waals surface area contributed by atoms with Crippen LogP contribution in [0.3, 0.4) is 0 Å². The van der Waals surface area contributed by atoms with Gasteiger partial charge in [-0.05, 0) is 23.6 Å². The Bertz CT molecular complexity index is 1050. The van der Waals surface area contributed by atoms with Crippen molar-refractivity contribution in [1.29, 1.82) is 0 Å². The highest BCUT2D eigenvalue weighted by molar-refractivity contribution is 7.99. The van der Waals surface area contributed by atoms with Crippen molar-refractivity contribution in [2.75, 3.05) is 31.9 Å². The summed E-state index contributed by atoms with van der Waals surface area (Å²) in [5, 5.41) is 10.6. The number of benzene rings is 1. The lowest BCUT2D eigenvalue weighted by Gasteiger charge is -2.34. The van der Waals surface area contributed by atoms with Crippen LogP contribution >= 0.6 is 23.1 Å². The van der Waals surface area contributed by atoms with E-state index in [-0.39, 0.29) is 23.4 Å². The molecular formula is C20H20FN5O2S2. The number of thioether (sulfide) groups is 1. The molecule has 3 aromatic rings. The maximum absolute atomic E-state index is 14.0. The lowest BCUT2D eigenvalue weighted by atomic mass is 10.2. The molecule has 0 radical (unpaired) electrons. The molecule has 1 aliphatic rings. The molecule has 0 N–H and O–H groups in total. The highest BCUT2D eigenvalue weighted by atomic mass is 32.2. The molecule has 1 aromatic carbocycles. The molecule has 7 nitrogen and oxygen atoms in total. The van der Waals surface area contributed by atoms with Crippen molar-refractivity contribution >= 4 is 34.9 Å². The number of hydrogen-bond donors (Lipinski definition) is 0. The number of aromatic nitrogens is 3. The zero-order chi connectivity index (χ0) is 21.1. The third kappa shape index (κ3) is 4.24. The van der Waals surface area contributed by atoms with Crippen LogP contribution in [0.25, 0.3) is 11.4 Å². The second-order valence-corrected chi connectivity index (χ2v) is 8.67. The first-order valence-corrected chi connectivity index (χ1v) is 11.3. The molecule has 0 saturated carbocycles. The second kappa shape index (κ2) is 8.97. The largest absolute Gasteiger partial charge is 0.338 e. The summed E-state index contributed by atoms with van der Waals surface area (Å²) in [5.74, 6) is 0.270. The van der Waals surface area contributed by atoms with Crippen molar-refractivity contribution in [3.8, 4) is 11.4 Å². The highest BCUT2D eigenvalue weighted by Gasteiger charge is 2.25. The van der Waals surface area contributed by atoms with Crippen molar-refractivity contribution in [1.82, 2.24) is 24.6 Å². The Balaban J connectivity index is 1.32. The molecule has 30 heavy (non-hydrogen) atoms. The summed E-state index contributed by atoms with van der Waals surface area (Å²) in [6.07, 6.45) is 0. The Morgan fingerprint density at radius 3 is 2.50 bits per heavy atom. The first-order chi connectivity index (χ1) is 14.5. The van der Waals surface area contributed by atoms with E-state index >= 15 is 0 Å². The van der Waals surface area contributed by atoms with Gasteiger partial charge >= 0.3 is 0 Å². The molecule has 0 spiro atoms. The summed E-state index contributed by atoms with van der Waals surface area (Å²) in [4.78, 5) is 29.3. The van der Waals surface area contributed by atoms with Gasteiger partial charge < -0.3 is 14.4 Å². The van der Waals surface area contributed by atoms with Crippen LogP contribution in [-0.2, 0) is 11.8 Å². The molecule has 1 saturated heterocycles. The maximum Gasteiger partial charge on any atom is 0.264 e. The molecule has 1 fully saturated rings. The number of halogens is 1.